The number of halogens is 2. The SMILES string of the molecule is C[Si]1(C)[Si](C)(C)[Zr+2]1([C]1=CC=CC1)[CH]1c2ccccc2-c2ccccc21.[Cl-].[Cl-]. The largest absolute Gasteiger partial charge is 1.00 e. The van der Waals surface area contributed by atoms with Crippen molar-refractivity contribution in [3.63, 3.8) is 0 Å². The van der Waals surface area contributed by atoms with E-state index in [0.29, 0.717) is 0 Å². The maximum atomic E-state index is 2.78. The van der Waals surface area contributed by atoms with Gasteiger partial charge in [0.2, 0.25) is 0 Å². The molecule has 0 amide bonds. The third kappa shape index (κ3) is 2.42. The Morgan fingerprint density at radius 3 is 1.67 bits per heavy atom. The van der Waals surface area contributed by atoms with Crippen LogP contribution >= 0.6 is 0 Å². The average Bonchev–Trinajstić information content (AvgIpc) is 3.10. The van der Waals surface area contributed by atoms with Crippen molar-refractivity contribution in [2.45, 2.75) is 36.2 Å². The summed E-state index contributed by atoms with van der Waals surface area (Å²) in [6, 6.07) is 18.7. The molecule has 0 nitrogen and oxygen atoms in total. The van der Waals surface area contributed by atoms with Crippen molar-refractivity contribution in [1.29, 1.82) is 0 Å². The zero-order valence-electron chi connectivity index (χ0n) is 16.4. The second kappa shape index (κ2) is 6.95. The van der Waals surface area contributed by atoms with Gasteiger partial charge in [0, 0.05) is 0 Å². The topological polar surface area (TPSA) is 0 Å². The summed E-state index contributed by atoms with van der Waals surface area (Å²) in [6.07, 6.45) is 8.61. The van der Waals surface area contributed by atoms with Crippen LogP contribution in [0.25, 0.3) is 11.1 Å². The number of hydrogen-bond acceptors (Lipinski definition) is 0. The van der Waals surface area contributed by atoms with Gasteiger partial charge in [-0.15, -0.1) is 0 Å². The van der Waals surface area contributed by atoms with Crippen LogP contribution in [0.4, 0.5) is 0 Å². The van der Waals surface area contributed by atoms with Gasteiger partial charge in [0.15, 0.2) is 0 Å². The zero-order chi connectivity index (χ0) is 17.4. The Morgan fingerprint density at radius 1 is 0.778 bits per heavy atom. The Morgan fingerprint density at radius 2 is 1.26 bits per heavy atom. The second-order valence-corrected chi connectivity index (χ2v) is 68.1. The van der Waals surface area contributed by atoms with E-state index in [9.17, 15) is 0 Å². The summed E-state index contributed by atoms with van der Waals surface area (Å²) >= 11 is -2.46. The fraction of sp³-hybridized carbons (Fsp3) is 0.273. The predicted molar refractivity (Wildman–Crippen MR) is 111 cm³/mol. The molecule has 0 N–H and O–H groups in total. The number of fused-ring (bicyclic) bond motifs is 3. The third-order valence-electron chi connectivity index (χ3n) is 8.02. The third-order valence-corrected chi connectivity index (χ3v) is 121. The molecule has 27 heavy (non-hydrogen) atoms. The average molecular weight is 509 g/mol. The van der Waals surface area contributed by atoms with Crippen molar-refractivity contribution in [2.75, 3.05) is 0 Å². The Kier molecular flexibility index (Phi) is 5.54. The molecule has 1 heterocycles. The standard InChI is InChI=1S/C13H9.C5H5.C4H12Si2.2ClH.Zr/c1-3-7-12-10(5-1)9-11-6-2-4-8-13(11)12;1-2-4-5-3-1;1-5(2)6(3)4;;;/h1-9H;1-3H,4H2;1-4H3;2*1H;/q;;;;;+2/p-2. The van der Waals surface area contributed by atoms with Crippen molar-refractivity contribution in [3.05, 3.63) is 81.2 Å². The van der Waals surface area contributed by atoms with Crippen LogP contribution in [0.3, 0.4) is 0 Å². The van der Waals surface area contributed by atoms with Gasteiger partial charge in [0.25, 0.3) is 0 Å². The normalized spacial score (nSPS) is 21.0. The number of rotatable bonds is 2. The molecule has 5 heteroatoms. The summed E-state index contributed by atoms with van der Waals surface area (Å²) in [5.74, 6) is 0. The first-order chi connectivity index (χ1) is 11.9. The van der Waals surface area contributed by atoms with E-state index in [1.807, 2.05) is 3.28 Å². The van der Waals surface area contributed by atoms with Crippen molar-refractivity contribution >= 4 is 9.44 Å². The summed E-state index contributed by atoms with van der Waals surface area (Å²) in [6.45, 7) is 11.1. The number of allylic oxidation sites excluding steroid dienone is 4. The van der Waals surface area contributed by atoms with Gasteiger partial charge in [-0.1, -0.05) is 0 Å². The van der Waals surface area contributed by atoms with E-state index in [0.717, 1.165) is 3.63 Å². The summed E-state index contributed by atoms with van der Waals surface area (Å²) < 4.78 is 0.556. The molecule has 0 spiro atoms. The maximum Gasteiger partial charge on any atom is -1.00 e. The van der Waals surface area contributed by atoms with E-state index >= 15 is 0 Å². The molecule has 0 saturated carbocycles. The van der Waals surface area contributed by atoms with E-state index in [1.165, 1.54) is 17.5 Å². The quantitative estimate of drug-likeness (QED) is 0.511. The van der Waals surface area contributed by atoms with E-state index < -0.39 is 28.0 Å². The molecule has 2 aliphatic carbocycles. The van der Waals surface area contributed by atoms with Crippen LogP contribution in [-0.2, 0) is 18.6 Å². The molecule has 0 atom stereocenters. The summed E-state index contributed by atoms with van der Waals surface area (Å²) in [7, 11) is 0. The molecule has 3 aliphatic rings. The van der Waals surface area contributed by atoms with Crippen LogP contribution in [0.15, 0.2) is 70.0 Å². The van der Waals surface area contributed by atoms with Crippen molar-refractivity contribution in [2.24, 2.45) is 0 Å². The smallest absolute Gasteiger partial charge is 1.00 e. The van der Waals surface area contributed by atoms with Crippen molar-refractivity contribution in [3.8, 4) is 11.1 Å². The molecule has 0 aromatic heterocycles. The number of benzene rings is 2. The Bertz CT molecular complexity index is 903. The van der Waals surface area contributed by atoms with Gasteiger partial charge in [0.05, 0.1) is 0 Å². The fourth-order valence-electron chi connectivity index (χ4n) is 6.43. The van der Waals surface area contributed by atoms with Crippen LogP contribution in [0.5, 0.6) is 0 Å². The monoisotopic (exact) mass is 506 g/mol. The molecule has 0 unspecified atom stereocenters. The Labute approximate surface area is 180 Å². The molecule has 0 radical (unpaired) electrons. The molecular formula is C22H26Cl2Si2Zr. The molecule has 1 aliphatic heterocycles. The zero-order valence-corrected chi connectivity index (χ0v) is 22.4. The number of hydrogen-bond donors (Lipinski definition) is 0. The molecule has 5 rings (SSSR count). The molecule has 1 fully saturated rings. The van der Waals surface area contributed by atoms with Crippen LogP contribution in [0.1, 0.15) is 21.2 Å². The van der Waals surface area contributed by atoms with E-state index in [1.54, 1.807) is 11.1 Å². The Balaban J connectivity index is 0.00000105. The minimum atomic E-state index is -2.46. The maximum absolute atomic E-state index is 2.78. The van der Waals surface area contributed by atoms with Gasteiger partial charge in [-0.3, -0.25) is 0 Å². The van der Waals surface area contributed by atoms with Gasteiger partial charge in [-0.25, -0.2) is 0 Å². The van der Waals surface area contributed by atoms with E-state index in [-0.39, 0.29) is 24.8 Å². The van der Waals surface area contributed by atoms with Gasteiger partial charge >= 0.3 is 157 Å². The van der Waals surface area contributed by atoms with Crippen LogP contribution in [-0.4, -0.2) is 9.44 Å². The van der Waals surface area contributed by atoms with Gasteiger partial charge in [-0.2, -0.15) is 0 Å². The minimum Gasteiger partial charge on any atom is -1.00 e. The van der Waals surface area contributed by atoms with Crippen LogP contribution < -0.4 is 24.8 Å². The van der Waals surface area contributed by atoms with Crippen molar-refractivity contribution in [1.82, 2.24) is 0 Å². The molecule has 2 aromatic rings. The first-order valence-electron chi connectivity index (χ1n) is 9.49. The second-order valence-electron chi connectivity index (χ2n) is 8.99. The molecule has 0 bridgehead atoms. The van der Waals surface area contributed by atoms with Crippen LogP contribution in [0, 0.1) is 0 Å². The minimum absolute atomic E-state index is 0. The molecular weight excluding hydrogens is 483 g/mol. The Hall–Kier alpha value is -0.183. The van der Waals surface area contributed by atoms with Gasteiger partial charge < -0.3 is 24.8 Å². The first-order valence-corrected chi connectivity index (χ1v) is 26.5. The first kappa shape index (κ1) is 21.5. The summed E-state index contributed by atoms with van der Waals surface area (Å²) in [5, 5.41) is 0. The molecule has 140 valence electrons. The summed E-state index contributed by atoms with van der Waals surface area (Å²) in [5.41, 5.74) is 6.44. The van der Waals surface area contributed by atoms with Gasteiger partial charge in [-0.05, 0) is 0 Å². The predicted octanol–water partition coefficient (Wildman–Crippen LogP) is 0.264. The van der Waals surface area contributed by atoms with E-state index in [4.69, 9.17) is 0 Å². The molecule has 1 saturated heterocycles. The van der Waals surface area contributed by atoms with E-state index in [2.05, 4.69) is 92.9 Å². The summed E-state index contributed by atoms with van der Waals surface area (Å²) in [4.78, 5) is 0. The van der Waals surface area contributed by atoms with Gasteiger partial charge in [0.1, 0.15) is 0 Å². The van der Waals surface area contributed by atoms with Crippen molar-refractivity contribution < 1.29 is 43.4 Å². The molecule has 2 aromatic carbocycles. The fourth-order valence-corrected chi connectivity index (χ4v) is 170. The van der Waals surface area contributed by atoms with Crippen LogP contribution in [0.2, 0.25) is 26.2 Å².